The van der Waals surface area contributed by atoms with Gasteiger partial charge in [-0.2, -0.15) is 0 Å². The predicted octanol–water partition coefficient (Wildman–Crippen LogP) is 2.33. The Morgan fingerprint density at radius 2 is 2.15 bits per heavy atom. The van der Waals surface area contributed by atoms with Gasteiger partial charge in [0, 0.05) is 12.6 Å². The van der Waals surface area contributed by atoms with Gasteiger partial charge in [-0.05, 0) is 35.9 Å². The molecule has 0 saturated carbocycles. The molecule has 20 heavy (non-hydrogen) atoms. The number of nitrogens with one attached hydrogen (secondary N) is 1. The summed E-state index contributed by atoms with van der Waals surface area (Å²) in [5, 5.41) is 3.34. The number of methoxy groups -OCH3 is 1. The van der Waals surface area contributed by atoms with E-state index in [1.807, 2.05) is 19.3 Å². The number of ether oxygens (including phenoxy) is 2. The number of fused-ring (bicyclic) bond motifs is 1. The van der Waals surface area contributed by atoms with Gasteiger partial charge in [-0.1, -0.05) is 12.1 Å². The minimum atomic E-state index is 0.100. The van der Waals surface area contributed by atoms with Crippen LogP contribution in [-0.2, 0) is 6.42 Å². The summed E-state index contributed by atoms with van der Waals surface area (Å²) >= 11 is 0. The molecular formula is C16H18N2O2. The molecule has 104 valence electrons. The van der Waals surface area contributed by atoms with Crippen LogP contribution >= 0.6 is 0 Å². The third kappa shape index (κ3) is 2.34. The van der Waals surface area contributed by atoms with Gasteiger partial charge >= 0.3 is 0 Å². The van der Waals surface area contributed by atoms with Crippen LogP contribution in [0.5, 0.6) is 11.5 Å². The number of nitrogens with zero attached hydrogens (tertiary/aromatic N) is 1. The Morgan fingerprint density at radius 3 is 2.95 bits per heavy atom. The van der Waals surface area contributed by atoms with Gasteiger partial charge in [0.25, 0.3) is 0 Å². The lowest BCUT2D eigenvalue weighted by Gasteiger charge is -2.18. The van der Waals surface area contributed by atoms with E-state index in [0.717, 1.165) is 30.1 Å². The standard InChI is InChI=1S/C16H18N2O2/c1-17-16(13-8-14(19-2)10-18-9-13)12-3-4-15-11(7-12)5-6-20-15/h3-4,7-10,16-17H,5-6H2,1-2H3. The lowest BCUT2D eigenvalue weighted by Crippen LogP contribution is -2.18. The molecule has 4 heteroatoms. The van der Waals surface area contributed by atoms with Crippen molar-refractivity contribution in [3.8, 4) is 11.5 Å². The summed E-state index contributed by atoms with van der Waals surface area (Å²) in [7, 11) is 3.61. The third-order valence-corrected chi connectivity index (χ3v) is 3.64. The Balaban J connectivity index is 1.96. The van der Waals surface area contributed by atoms with Crippen LogP contribution in [0.15, 0.2) is 36.7 Å². The Bertz CT molecular complexity index is 613. The van der Waals surface area contributed by atoms with Gasteiger partial charge in [-0.3, -0.25) is 4.98 Å². The molecule has 2 heterocycles. The number of benzene rings is 1. The topological polar surface area (TPSA) is 43.4 Å². The van der Waals surface area contributed by atoms with Gasteiger partial charge in [-0.15, -0.1) is 0 Å². The molecule has 0 spiro atoms. The van der Waals surface area contributed by atoms with Crippen molar-refractivity contribution in [1.82, 2.24) is 10.3 Å². The second-order valence-electron chi connectivity index (χ2n) is 4.85. The summed E-state index contributed by atoms with van der Waals surface area (Å²) in [6, 6.07) is 8.48. The van der Waals surface area contributed by atoms with E-state index in [1.165, 1.54) is 11.1 Å². The van der Waals surface area contributed by atoms with Crippen LogP contribution in [0.3, 0.4) is 0 Å². The van der Waals surface area contributed by atoms with E-state index >= 15 is 0 Å². The maximum absolute atomic E-state index is 5.56. The summed E-state index contributed by atoms with van der Waals surface area (Å²) in [6.45, 7) is 0.781. The number of pyridine rings is 1. The average molecular weight is 270 g/mol. The smallest absolute Gasteiger partial charge is 0.137 e. The largest absolute Gasteiger partial charge is 0.495 e. The number of rotatable bonds is 4. The zero-order valence-corrected chi connectivity index (χ0v) is 11.7. The van der Waals surface area contributed by atoms with Crippen molar-refractivity contribution in [3.05, 3.63) is 53.3 Å². The molecule has 2 aromatic rings. The number of hydrogen-bond donors (Lipinski definition) is 1. The van der Waals surface area contributed by atoms with Crippen LogP contribution in [0.25, 0.3) is 0 Å². The van der Waals surface area contributed by atoms with Gasteiger partial charge < -0.3 is 14.8 Å². The van der Waals surface area contributed by atoms with E-state index in [-0.39, 0.29) is 6.04 Å². The highest BCUT2D eigenvalue weighted by molar-refractivity contribution is 5.43. The van der Waals surface area contributed by atoms with Crippen molar-refractivity contribution in [2.75, 3.05) is 20.8 Å². The zero-order chi connectivity index (χ0) is 13.9. The van der Waals surface area contributed by atoms with Gasteiger partial charge in [0.2, 0.25) is 0 Å². The zero-order valence-electron chi connectivity index (χ0n) is 11.7. The quantitative estimate of drug-likeness (QED) is 0.926. The molecular weight excluding hydrogens is 252 g/mol. The predicted molar refractivity (Wildman–Crippen MR) is 77.3 cm³/mol. The minimum Gasteiger partial charge on any atom is -0.495 e. The monoisotopic (exact) mass is 270 g/mol. The molecule has 1 atom stereocenters. The van der Waals surface area contributed by atoms with E-state index in [9.17, 15) is 0 Å². The molecule has 0 radical (unpaired) electrons. The van der Waals surface area contributed by atoms with Crippen molar-refractivity contribution in [3.63, 3.8) is 0 Å². The lowest BCUT2D eigenvalue weighted by atomic mass is 9.97. The van der Waals surface area contributed by atoms with Crippen molar-refractivity contribution in [2.45, 2.75) is 12.5 Å². The van der Waals surface area contributed by atoms with Crippen molar-refractivity contribution < 1.29 is 9.47 Å². The maximum Gasteiger partial charge on any atom is 0.137 e. The molecule has 1 aromatic carbocycles. The Kier molecular flexibility index (Phi) is 3.56. The SMILES string of the molecule is CNC(c1cncc(OC)c1)c1ccc2c(c1)CCO2. The second kappa shape index (κ2) is 5.51. The fourth-order valence-electron chi connectivity index (χ4n) is 2.62. The number of hydrogen-bond acceptors (Lipinski definition) is 4. The summed E-state index contributed by atoms with van der Waals surface area (Å²) in [4.78, 5) is 4.23. The first-order chi connectivity index (χ1) is 9.81. The molecule has 0 bridgehead atoms. The first-order valence-corrected chi connectivity index (χ1v) is 6.73. The van der Waals surface area contributed by atoms with Crippen LogP contribution in [-0.4, -0.2) is 25.7 Å². The Hall–Kier alpha value is -2.07. The summed E-state index contributed by atoms with van der Waals surface area (Å²) in [5.74, 6) is 1.78. The van der Waals surface area contributed by atoms with E-state index in [0.29, 0.717) is 0 Å². The van der Waals surface area contributed by atoms with Crippen LogP contribution in [0.1, 0.15) is 22.7 Å². The summed E-state index contributed by atoms with van der Waals surface area (Å²) < 4.78 is 10.8. The van der Waals surface area contributed by atoms with Crippen molar-refractivity contribution in [2.24, 2.45) is 0 Å². The molecule has 4 nitrogen and oxygen atoms in total. The Morgan fingerprint density at radius 1 is 1.25 bits per heavy atom. The van der Waals surface area contributed by atoms with Gasteiger partial charge in [0.05, 0.1) is 26.0 Å². The van der Waals surface area contributed by atoms with Gasteiger partial charge in [-0.25, -0.2) is 0 Å². The first kappa shape index (κ1) is 12.9. The van der Waals surface area contributed by atoms with Crippen LogP contribution in [0.4, 0.5) is 0 Å². The van der Waals surface area contributed by atoms with Gasteiger partial charge in [0.1, 0.15) is 11.5 Å². The van der Waals surface area contributed by atoms with E-state index in [2.05, 4.69) is 28.5 Å². The summed E-state index contributed by atoms with van der Waals surface area (Å²) in [6.07, 6.45) is 4.57. The average Bonchev–Trinajstić information content (AvgIpc) is 2.96. The lowest BCUT2D eigenvalue weighted by molar-refractivity contribution is 0.357. The third-order valence-electron chi connectivity index (χ3n) is 3.64. The highest BCUT2D eigenvalue weighted by Gasteiger charge is 2.17. The van der Waals surface area contributed by atoms with Crippen LogP contribution in [0.2, 0.25) is 0 Å². The molecule has 3 rings (SSSR count). The summed E-state index contributed by atoms with van der Waals surface area (Å²) in [5.41, 5.74) is 3.58. The first-order valence-electron chi connectivity index (χ1n) is 6.73. The van der Waals surface area contributed by atoms with Crippen molar-refractivity contribution >= 4 is 0 Å². The minimum absolute atomic E-state index is 0.100. The normalized spacial score (nSPS) is 14.5. The molecule has 1 N–H and O–H groups in total. The second-order valence-corrected chi connectivity index (χ2v) is 4.85. The molecule has 0 aliphatic carbocycles. The molecule has 1 aliphatic rings. The van der Waals surface area contributed by atoms with E-state index in [1.54, 1.807) is 13.3 Å². The molecule has 0 fully saturated rings. The maximum atomic E-state index is 5.56. The van der Waals surface area contributed by atoms with E-state index < -0.39 is 0 Å². The van der Waals surface area contributed by atoms with Crippen LogP contribution in [0, 0.1) is 0 Å². The Labute approximate surface area is 118 Å². The van der Waals surface area contributed by atoms with Crippen LogP contribution < -0.4 is 14.8 Å². The van der Waals surface area contributed by atoms with E-state index in [4.69, 9.17) is 9.47 Å². The molecule has 1 aliphatic heterocycles. The highest BCUT2D eigenvalue weighted by Crippen LogP contribution is 2.31. The van der Waals surface area contributed by atoms with Gasteiger partial charge in [0.15, 0.2) is 0 Å². The fraction of sp³-hybridized carbons (Fsp3) is 0.312. The highest BCUT2D eigenvalue weighted by atomic mass is 16.5. The molecule has 1 unspecified atom stereocenters. The number of aromatic nitrogens is 1. The van der Waals surface area contributed by atoms with Crippen molar-refractivity contribution in [1.29, 1.82) is 0 Å². The fourth-order valence-corrected chi connectivity index (χ4v) is 2.62. The molecule has 1 aromatic heterocycles. The molecule has 0 saturated heterocycles. The molecule has 0 amide bonds.